The molecular formula is C16H22N2O3. The Morgan fingerprint density at radius 3 is 2.67 bits per heavy atom. The van der Waals surface area contributed by atoms with Gasteiger partial charge in [0.2, 0.25) is 0 Å². The van der Waals surface area contributed by atoms with Crippen molar-refractivity contribution in [2.45, 2.75) is 38.1 Å². The van der Waals surface area contributed by atoms with Crippen molar-refractivity contribution in [1.82, 2.24) is 4.90 Å². The molecule has 1 fully saturated rings. The first kappa shape index (κ1) is 15.4. The van der Waals surface area contributed by atoms with Gasteiger partial charge in [-0.15, -0.1) is 0 Å². The van der Waals surface area contributed by atoms with Gasteiger partial charge in [0.05, 0.1) is 0 Å². The molecule has 0 unspecified atom stereocenters. The standard InChI is InChI=1S/C16H22N2O3/c1-18(13-7-3-2-4-8-13)16(20)12-6-5-9-14(10-12)21-11-15(17)19/h5-6,9-10,13H,2-4,7-8,11H2,1H3,(H2,17,19). The van der Waals surface area contributed by atoms with Gasteiger partial charge in [0.25, 0.3) is 11.8 Å². The van der Waals surface area contributed by atoms with E-state index in [0.29, 0.717) is 17.4 Å². The molecule has 0 spiro atoms. The van der Waals surface area contributed by atoms with Crippen LogP contribution < -0.4 is 10.5 Å². The molecule has 0 saturated heterocycles. The van der Waals surface area contributed by atoms with Gasteiger partial charge in [0.1, 0.15) is 5.75 Å². The number of amides is 2. The fourth-order valence-corrected chi connectivity index (χ4v) is 2.71. The maximum atomic E-state index is 12.5. The number of ether oxygens (including phenoxy) is 1. The Morgan fingerprint density at radius 2 is 2.00 bits per heavy atom. The third kappa shape index (κ3) is 4.21. The molecule has 5 heteroatoms. The monoisotopic (exact) mass is 290 g/mol. The largest absolute Gasteiger partial charge is 0.484 e. The van der Waals surface area contributed by atoms with E-state index in [0.717, 1.165) is 12.8 Å². The van der Waals surface area contributed by atoms with E-state index in [2.05, 4.69) is 0 Å². The molecule has 0 heterocycles. The van der Waals surface area contributed by atoms with E-state index in [1.165, 1.54) is 19.3 Å². The molecule has 2 rings (SSSR count). The second-order valence-corrected chi connectivity index (χ2v) is 5.49. The van der Waals surface area contributed by atoms with Crippen LogP contribution in [0, 0.1) is 0 Å². The van der Waals surface area contributed by atoms with Crippen molar-refractivity contribution in [3.63, 3.8) is 0 Å². The summed E-state index contributed by atoms with van der Waals surface area (Å²) in [6.45, 7) is -0.184. The average Bonchev–Trinajstić information content (AvgIpc) is 2.52. The molecule has 0 aromatic heterocycles. The van der Waals surface area contributed by atoms with Crippen molar-refractivity contribution in [3.05, 3.63) is 29.8 Å². The number of rotatable bonds is 5. The first-order valence-electron chi connectivity index (χ1n) is 7.36. The lowest BCUT2D eigenvalue weighted by atomic mass is 9.94. The lowest BCUT2D eigenvalue weighted by molar-refractivity contribution is -0.119. The first-order chi connectivity index (χ1) is 10.1. The molecule has 1 aliphatic carbocycles. The Kier molecular flexibility index (Phi) is 5.20. The van der Waals surface area contributed by atoms with E-state index in [1.54, 1.807) is 24.3 Å². The van der Waals surface area contributed by atoms with Crippen LogP contribution in [0.1, 0.15) is 42.5 Å². The minimum Gasteiger partial charge on any atom is -0.484 e. The van der Waals surface area contributed by atoms with Crippen LogP contribution in [-0.4, -0.2) is 36.4 Å². The third-order valence-electron chi connectivity index (χ3n) is 3.90. The predicted octanol–water partition coefficient (Wildman–Crippen LogP) is 1.96. The minimum absolute atomic E-state index is 0.00794. The molecular weight excluding hydrogens is 268 g/mol. The average molecular weight is 290 g/mol. The molecule has 2 N–H and O–H groups in total. The molecule has 0 bridgehead atoms. The molecule has 114 valence electrons. The van der Waals surface area contributed by atoms with Crippen LogP contribution in [0.5, 0.6) is 5.75 Å². The van der Waals surface area contributed by atoms with E-state index in [1.807, 2.05) is 11.9 Å². The van der Waals surface area contributed by atoms with E-state index in [4.69, 9.17) is 10.5 Å². The number of benzene rings is 1. The summed E-state index contributed by atoms with van der Waals surface area (Å²) in [5.74, 6) is -0.0610. The van der Waals surface area contributed by atoms with E-state index in [9.17, 15) is 9.59 Å². The lowest BCUT2D eigenvalue weighted by Gasteiger charge is -2.31. The fraction of sp³-hybridized carbons (Fsp3) is 0.500. The number of nitrogens with two attached hydrogens (primary N) is 1. The predicted molar refractivity (Wildman–Crippen MR) is 80.1 cm³/mol. The van der Waals surface area contributed by atoms with Gasteiger partial charge in [-0.1, -0.05) is 25.3 Å². The van der Waals surface area contributed by atoms with Crippen molar-refractivity contribution in [3.8, 4) is 5.75 Å². The van der Waals surface area contributed by atoms with Crippen LogP contribution in [0.3, 0.4) is 0 Å². The smallest absolute Gasteiger partial charge is 0.255 e. The van der Waals surface area contributed by atoms with Gasteiger partial charge in [-0.05, 0) is 31.0 Å². The SMILES string of the molecule is CN(C(=O)c1cccc(OCC(N)=O)c1)C1CCCCC1. The molecule has 0 atom stereocenters. The van der Waals surface area contributed by atoms with Crippen LogP contribution in [0.25, 0.3) is 0 Å². The molecule has 1 saturated carbocycles. The van der Waals surface area contributed by atoms with Gasteiger partial charge < -0.3 is 15.4 Å². The fourth-order valence-electron chi connectivity index (χ4n) is 2.71. The molecule has 5 nitrogen and oxygen atoms in total. The number of primary amides is 1. The van der Waals surface area contributed by atoms with Crippen LogP contribution in [0.4, 0.5) is 0 Å². The van der Waals surface area contributed by atoms with Gasteiger partial charge in [0.15, 0.2) is 6.61 Å². The lowest BCUT2D eigenvalue weighted by Crippen LogP contribution is -2.38. The highest BCUT2D eigenvalue weighted by Gasteiger charge is 2.23. The van der Waals surface area contributed by atoms with Gasteiger partial charge in [0, 0.05) is 18.7 Å². The van der Waals surface area contributed by atoms with Crippen molar-refractivity contribution >= 4 is 11.8 Å². The number of carbonyl (C=O) groups excluding carboxylic acids is 2. The van der Waals surface area contributed by atoms with Crippen molar-refractivity contribution in [1.29, 1.82) is 0 Å². The zero-order chi connectivity index (χ0) is 15.2. The van der Waals surface area contributed by atoms with Crippen molar-refractivity contribution in [2.24, 2.45) is 5.73 Å². The van der Waals surface area contributed by atoms with Crippen LogP contribution >= 0.6 is 0 Å². The minimum atomic E-state index is -0.536. The Hall–Kier alpha value is -2.04. The molecule has 0 radical (unpaired) electrons. The second kappa shape index (κ2) is 7.11. The number of hydrogen-bond donors (Lipinski definition) is 1. The number of carbonyl (C=O) groups is 2. The summed E-state index contributed by atoms with van der Waals surface area (Å²) < 4.78 is 5.24. The first-order valence-corrected chi connectivity index (χ1v) is 7.36. The highest BCUT2D eigenvalue weighted by Crippen LogP contribution is 2.23. The van der Waals surface area contributed by atoms with Gasteiger partial charge >= 0.3 is 0 Å². The van der Waals surface area contributed by atoms with E-state index < -0.39 is 5.91 Å². The van der Waals surface area contributed by atoms with Gasteiger partial charge in [-0.3, -0.25) is 9.59 Å². The van der Waals surface area contributed by atoms with Gasteiger partial charge in [-0.2, -0.15) is 0 Å². The molecule has 1 aliphatic rings. The summed E-state index contributed by atoms with van der Waals surface area (Å²) in [4.78, 5) is 25.1. The van der Waals surface area contributed by atoms with E-state index in [-0.39, 0.29) is 12.5 Å². The molecule has 2 amide bonds. The van der Waals surface area contributed by atoms with Crippen LogP contribution in [-0.2, 0) is 4.79 Å². The maximum Gasteiger partial charge on any atom is 0.255 e. The Bertz CT molecular complexity index is 510. The molecule has 21 heavy (non-hydrogen) atoms. The van der Waals surface area contributed by atoms with Crippen molar-refractivity contribution in [2.75, 3.05) is 13.7 Å². The zero-order valence-corrected chi connectivity index (χ0v) is 12.4. The molecule has 1 aromatic rings. The topological polar surface area (TPSA) is 72.6 Å². The summed E-state index contributed by atoms with van der Waals surface area (Å²) in [5.41, 5.74) is 5.62. The Labute approximate surface area is 125 Å². The highest BCUT2D eigenvalue weighted by molar-refractivity contribution is 5.94. The summed E-state index contributed by atoms with van der Waals surface area (Å²) >= 11 is 0. The van der Waals surface area contributed by atoms with Crippen molar-refractivity contribution < 1.29 is 14.3 Å². The van der Waals surface area contributed by atoms with E-state index >= 15 is 0 Å². The summed E-state index contributed by atoms with van der Waals surface area (Å²) in [7, 11) is 1.86. The summed E-state index contributed by atoms with van der Waals surface area (Å²) in [6.07, 6.45) is 5.77. The highest BCUT2D eigenvalue weighted by atomic mass is 16.5. The summed E-state index contributed by atoms with van der Waals surface area (Å²) in [6, 6.07) is 7.20. The van der Waals surface area contributed by atoms with Gasteiger partial charge in [-0.25, -0.2) is 0 Å². The van der Waals surface area contributed by atoms with Crippen LogP contribution in [0.2, 0.25) is 0 Å². The molecule has 0 aliphatic heterocycles. The second-order valence-electron chi connectivity index (χ2n) is 5.49. The maximum absolute atomic E-state index is 12.5. The number of nitrogens with zero attached hydrogens (tertiary/aromatic N) is 1. The van der Waals surface area contributed by atoms with Crippen LogP contribution in [0.15, 0.2) is 24.3 Å². The third-order valence-corrected chi connectivity index (χ3v) is 3.90. The zero-order valence-electron chi connectivity index (χ0n) is 12.4. The number of hydrogen-bond acceptors (Lipinski definition) is 3. The normalized spacial score (nSPS) is 15.5. The quantitative estimate of drug-likeness (QED) is 0.901. The Morgan fingerprint density at radius 1 is 1.29 bits per heavy atom. The Balaban J connectivity index is 2.04. The molecule has 1 aromatic carbocycles. The summed E-state index contributed by atoms with van der Waals surface area (Å²) in [5, 5.41) is 0.